The lowest BCUT2D eigenvalue weighted by atomic mass is 9.93. The number of anilines is 1. The lowest BCUT2D eigenvalue weighted by molar-refractivity contribution is 0.0270. The Labute approximate surface area is 238 Å². The van der Waals surface area contributed by atoms with Gasteiger partial charge in [0.2, 0.25) is 0 Å². The number of aromatic nitrogens is 3. The summed E-state index contributed by atoms with van der Waals surface area (Å²) in [5.41, 5.74) is 6.12. The topological polar surface area (TPSA) is 92.5 Å². The number of carbonyl (C=O) groups is 1. The standard InChI is InChI=1S/C31H37N5O3S/c1-31(2,3)39-30(38)35-14-12-21(13-15-35)22-9-11-26-25(17-22)32-19-36(26)18-20-8-10-24-28(16-20)40-29(34-24)33-23-6-4-5-7-27(23)37/h8-12,16-17,19,23,27,37H,4-7,13-15,18H2,1-3H3,(H,33,34)/t23-,27-/m1/s1. The maximum atomic E-state index is 12.4. The Kier molecular flexibility index (Phi) is 7.27. The lowest BCUT2D eigenvalue weighted by Crippen LogP contribution is -2.39. The van der Waals surface area contributed by atoms with Gasteiger partial charge >= 0.3 is 6.09 Å². The number of rotatable bonds is 5. The van der Waals surface area contributed by atoms with Gasteiger partial charge in [-0.1, -0.05) is 42.4 Å². The predicted molar refractivity (Wildman–Crippen MR) is 161 cm³/mol. The molecule has 1 aliphatic heterocycles. The molecule has 1 saturated carbocycles. The first-order chi connectivity index (χ1) is 19.2. The average molecular weight is 560 g/mol. The van der Waals surface area contributed by atoms with Gasteiger partial charge < -0.3 is 24.6 Å². The summed E-state index contributed by atoms with van der Waals surface area (Å²) in [6.07, 6.45) is 8.34. The molecule has 4 aromatic rings. The molecule has 8 nitrogen and oxygen atoms in total. The molecule has 2 aromatic heterocycles. The second-order valence-electron chi connectivity index (χ2n) is 11.9. The quantitative estimate of drug-likeness (QED) is 0.293. The highest BCUT2D eigenvalue weighted by atomic mass is 32.1. The molecule has 0 unspecified atom stereocenters. The molecule has 1 amide bonds. The van der Waals surface area contributed by atoms with Crippen LogP contribution in [-0.2, 0) is 11.3 Å². The Balaban J connectivity index is 1.14. The number of aliphatic hydroxyl groups is 1. The van der Waals surface area contributed by atoms with Gasteiger partial charge in [-0.25, -0.2) is 14.8 Å². The second-order valence-corrected chi connectivity index (χ2v) is 12.9. The van der Waals surface area contributed by atoms with Gasteiger partial charge in [-0.3, -0.25) is 0 Å². The minimum absolute atomic E-state index is 0.0873. The highest BCUT2D eigenvalue weighted by Crippen LogP contribution is 2.31. The summed E-state index contributed by atoms with van der Waals surface area (Å²) in [4.78, 5) is 23.6. The third-order valence-corrected chi connectivity index (χ3v) is 8.65. The molecule has 3 heterocycles. The second kappa shape index (κ2) is 10.9. The third-order valence-electron chi connectivity index (χ3n) is 7.70. The molecule has 9 heteroatoms. The van der Waals surface area contributed by atoms with Gasteiger partial charge in [0.1, 0.15) is 5.60 Å². The molecule has 2 aromatic carbocycles. The number of imidazole rings is 1. The van der Waals surface area contributed by atoms with Gasteiger partial charge in [0, 0.05) is 19.6 Å². The van der Waals surface area contributed by atoms with Gasteiger partial charge in [-0.05, 0) is 81.0 Å². The molecule has 2 aliphatic rings. The Bertz CT molecular complexity index is 1570. The van der Waals surface area contributed by atoms with Gasteiger partial charge in [-0.2, -0.15) is 0 Å². The van der Waals surface area contributed by atoms with E-state index in [0.717, 1.165) is 70.6 Å². The zero-order valence-electron chi connectivity index (χ0n) is 23.4. The summed E-state index contributed by atoms with van der Waals surface area (Å²) in [5.74, 6) is 0. The van der Waals surface area contributed by atoms with E-state index in [0.29, 0.717) is 13.1 Å². The van der Waals surface area contributed by atoms with Crippen LogP contribution in [0, 0.1) is 0 Å². The van der Waals surface area contributed by atoms with E-state index in [2.05, 4.69) is 52.4 Å². The molecule has 0 saturated heterocycles. The zero-order chi connectivity index (χ0) is 27.9. The van der Waals surface area contributed by atoms with E-state index in [9.17, 15) is 9.90 Å². The van der Waals surface area contributed by atoms with Crippen LogP contribution >= 0.6 is 11.3 Å². The number of amides is 1. The average Bonchev–Trinajstić information content (AvgIpc) is 3.52. The number of benzene rings is 2. The zero-order valence-corrected chi connectivity index (χ0v) is 24.2. The van der Waals surface area contributed by atoms with E-state index in [1.165, 1.54) is 11.1 Å². The fourth-order valence-corrected chi connectivity index (χ4v) is 6.57. The third kappa shape index (κ3) is 5.86. The van der Waals surface area contributed by atoms with Gasteiger partial charge in [-0.15, -0.1) is 0 Å². The number of ether oxygens (including phenoxy) is 1. The summed E-state index contributed by atoms with van der Waals surface area (Å²) in [6.45, 7) is 7.59. The van der Waals surface area contributed by atoms with E-state index in [4.69, 9.17) is 14.7 Å². The van der Waals surface area contributed by atoms with Crippen LogP contribution in [0.15, 0.2) is 48.8 Å². The molecule has 2 N–H and O–H groups in total. The van der Waals surface area contributed by atoms with Crippen LogP contribution in [0.5, 0.6) is 0 Å². The van der Waals surface area contributed by atoms with Crippen molar-refractivity contribution in [2.75, 3.05) is 18.4 Å². The lowest BCUT2D eigenvalue weighted by Gasteiger charge is -2.29. The largest absolute Gasteiger partial charge is 0.444 e. The predicted octanol–water partition coefficient (Wildman–Crippen LogP) is 6.43. The number of nitrogens with one attached hydrogen (secondary N) is 1. The van der Waals surface area contributed by atoms with Gasteiger partial charge in [0.05, 0.1) is 39.7 Å². The van der Waals surface area contributed by atoms with Crippen molar-refractivity contribution in [3.63, 3.8) is 0 Å². The first kappa shape index (κ1) is 26.8. The minimum atomic E-state index is -0.490. The van der Waals surface area contributed by atoms with Crippen molar-refractivity contribution in [3.8, 4) is 0 Å². The summed E-state index contributed by atoms with van der Waals surface area (Å²) >= 11 is 1.65. The highest BCUT2D eigenvalue weighted by molar-refractivity contribution is 7.22. The fourth-order valence-electron chi connectivity index (χ4n) is 5.58. The Morgan fingerprint density at radius 2 is 2.00 bits per heavy atom. The SMILES string of the molecule is CC(C)(C)OC(=O)N1CC=C(c2ccc3c(c2)ncn3Cc2ccc3nc(N[C@@H]4CCCC[C@H]4O)sc3c2)CC1. The monoisotopic (exact) mass is 559 g/mol. The number of fused-ring (bicyclic) bond motifs is 2. The van der Waals surface area contributed by atoms with Crippen LogP contribution in [-0.4, -0.2) is 61.5 Å². The summed E-state index contributed by atoms with van der Waals surface area (Å²) in [7, 11) is 0. The maximum absolute atomic E-state index is 12.4. The van der Waals surface area contributed by atoms with Crippen molar-refractivity contribution in [1.29, 1.82) is 0 Å². The van der Waals surface area contributed by atoms with Crippen molar-refractivity contribution in [2.24, 2.45) is 0 Å². The number of hydrogen-bond donors (Lipinski definition) is 2. The number of hydrogen-bond acceptors (Lipinski definition) is 7. The molecule has 1 fully saturated rings. The maximum Gasteiger partial charge on any atom is 0.410 e. The van der Waals surface area contributed by atoms with Gasteiger partial charge in [0.15, 0.2) is 5.13 Å². The molecule has 2 atom stereocenters. The molecule has 0 radical (unpaired) electrons. The van der Waals surface area contributed by atoms with Crippen molar-refractivity contribution in [3.05, 3.63) is 59.9 Å². The van der Waals surface area contributed by atoms with E-state index in [-0.39, 0.29) is 18.2 Å². The van der Waals surface area contributed by atoms with Crippen molar-refractivity contribution < 1.29 is 14.6 Å². The number of carbonyl (C=O) groups excluding carboxylic acids is 1. The summed E-state index contributed by atoms with van der Waals surface area (Å²) < 4.78 is 8.84. The van der Waals surface area contributed by atoms with E-state index in [1.807, 2.05) is 27.1 Å². The van der Waals surface area contributed by atoms with Crippen molar-refractivity contribution in [1.82, 2.24) is 19.4 Å². The smallest absolute Gasteiger partial charge is 0.410 e. The molecule has 40 heavy (non-hydrogen) atoms. The van der Waals surface area contributed by atoms with E-state index < -0.39 is 5.60 Å². The van der Waals surface area contributed by atoms with Crippen LogP contribution in [0.2, 0.25) is 0 Å². The van der Waals surface area contributed by atoms with E-state index >= 15 is 0 Å². The number of nitrogens with zero attached hydrogens (tertiary/aromatic N) is 4. The number of aliphatic hydroxyl groups excluding tert-OH is 1. The molecule has 210 valence electrons. The normalized spacial score (nSPS) is 20.1. The highest BCUT2D eigenvalue weighted by Gasteiger charge is 2.25. The molecule has 0 bridgehead atoms. The first-order valence-corrected chi connectivity index (χ1v) is 15.0. The van der Waals surface area contributed by atoms with Crippen molar-refractivity contribution >= 4 is 49.4 Å². The fraction of sp³-hybridized carbons (Fsp3) is 0.452. The van der Waals surface area contributed by atoms with Crippen molar-refractivity contribution in [2.45, 2.75) is 77.2 Å². The molecular weight excluding hydrogens is 522 g/mol. The minimum Gasteiger partial charge on any atom is -0.444 e. The van der Waals surface area contributed by atoms with Crippen LogP contribution in [0.25, 0.3) is 26.8 Å². The Morgan fingerprint density at radius 3 is 2.77 bits per heavy atom. The summed E-state index contributed by atoms with van der Waals surface area (Å²) in [6, 6.07) is 12.9. The van der Waals surface area contributed by atoms with Crippen LogP contribution in [0.1, 0.15) is 64.0 Å². The van der Waals surface area contributed by atoms with Gasteiger partial charge in [0.25, 0.3) is 0 Å². The molecular formula is C31H37N5O3S. The first-order valence-electron chi connectivity index (χ1n) is 14.2. The van der Waals surface area contributed by atoms with Crippen LogP contribution in [0.3, 0.4) is 0 Å². The Hall–Kier alpha value is -3.43. The summed E-state index contributed by atoms with van der Waals surface area (Å²) in [5, 5.41) is 14.7. The van der Waals surface area contributed by atoms with E-state index in [1.54, 1.807) is 16.2 Å². The molecule has 1 aliphatic carbocycles. The van der Waals surface area contributed by atoms with Crippen LogP contribution in [0.4, 0.5) is 9.93 Å². The Morgan fingerprint density at radius 1 is 1.15 bits per heavy atom. The molecule has 6 rings (SSSR count). The number of thiazole rings is 1. The molecule has 0 spiro atoms. The van der Waals surface area contributed by atoms with Crippen LogP contribution < -0.4 is 5.32 Å².